The molecule has 4 heteroatoms. The van der Waals surface area contributed by atoms with E-state index in [-0.39, 0.29) is 12.0 Å². The summed E-state index contributed by atoms with van der Waals surface area (Å²) in [6, 6.07) is 12.3. The van der Waals surface area contributed by atoms with Gasteiger partial charge in [-0.15, -0.1) is 0 Å². The molecule has 1 saturated heterocycles. The van der Waals surface area contributed by atoms with Crippen molar-refractivity contribution in [3.8, 4) is 5.75 Å². The Balaban J connectivity index is 1.71. The molecule has 2 aromatic rings. The van der Waals surface area contributed by atoms with E-state index < -0.39 is 0 Å². The highest BCUT2D eigenvalue weighted by Gasteiger charge is 2.35. The number of pyridine rings is 1. The molecule has 1 fully saturated rings. The summed E-state index contributed by atoms with van der Waals surface area (Å²) in [6.45, 7) is 3.10. The van der Waals surface area contributed by atoms with Crippen LogP contribution in [0.5, 0.6) is 5.75 Å². The lowest BCUT2D eigenvalue weighted by Crippen LogP contribution is -2.46. The number of aliphatic hydroxyl groups is 1. The van der Waals surface area contributed by atoms with Crippen molar-refractivity contribution in [2.75, 3.05) is 26.8 Å². The molecule has 128 valence electrons. The first-order chi connectivity index (χ1) is 11.7. The van der Waals surface area contributed by atoms with E-state index in [0.29, 0.717) is 0 Å². The Bertz CT molecular complexity index is 647. The quantitative estimate of drug-likeness (QED) is 0.886. The van der Waals surface area contributed by atoms with Crippen molar-refractivity contribution in [3.63, 3.8) is 0 Å². The van der Waals surface area contributed by atoms with Gasteiger partial charge in [0.25, 0.3) is 0 Å². The number of piperidine rings is 1. The topological polar surface area (TPSA) is 45.6 Å². The summed E-state index contributed by atoms with van der Waals surface area (Å²) >= 11 is 0. The molecule has 0 bridgehead atoms. The Kier molecular flexibility index (Phi) is 5.48. The summed E-state index contributed by atoms with van der Waals surface area (Å²) in [6.07, 6.45) is 6.79. The van der Waals surface area contributed by atoms with Gasteiger partial charge < -0.3 is 9.84 Å². The number of hydrogen-bond donors (Lipinski definition) is 1. The molecule has 3 rings (SSSR count). The maximum atomic E-state index is 10.1. The first-order valence-corrected chi connectivity index (χ1v) is 8.58. The molecule has 1 aromatic carbocycles. The third kappa shape index (κ3) is 4.13. The van der Waals surface area contributed by atoms with Crippen molar-refractivity contribution < 1.29 is 9.84 Å². The van der Waals surface area contributed by atoms with Gasteiger partial charge in [0.05, 0.1) is 13.7 Å². The van der Waals surface area contributed by atoms with Crippen LogP contribution in [-0.4, -0.2) is 41.8 Å². The van der Waals surface area contributed by atoms with Gasteiger partial charge in [0.2, 0.25) is 0 Å². The van der Waals surface area contributed by atoms with E-state index in [1.165, 1.54) is 11.1 Å². The van der Waals surface area contributed by atoms with E-state index in [1.54, 1.807) is 13.3 Å². The van der Waals surface area contributed by atoms with Crippen LogP contribution in [0, 0.1) is 5.41 Å². The van der Waals surface area contributed by atoms with Gasteiger partial charge in [-0.25, -0.2) is 0 Å². The molecule has 24 heavy (non-hydrogen) atoms. The molecule has 1 aromatic heterocycles. The highest BCUT2D eigenvalue weighted by Crippen LogP contribution is 2.34. The lowest BCUT2D eigenvalue weighted by atomic mass is 9.75. The number of methoxy groups -OCH3 is 1. The summed E-state index contributed by atoms with van der Waals surface area (Å²) in [4.78, 5) is 6.64. The lowest BCUT2D eigenvalue weighted by Gasteiger charge is -2.42. The number of nitrogens with zero attached hydrogens (tertiary/aromatic N) is 2. The van der Waals surface area contributed by atoms with Gasteiger partial charge >= 0.3 is 0 Å². The fourth-order valence-electron chi connectivity index (χ4n) is 3.74. The molecule has 1 aliphatic heterocycles. The molecule has 0 radical (unpaired) electrons. The summed E-state index contributed by atoms with van der Waals surface area (Å²) in [7, 11) is 1.69. The third-order valence-corrected chi connectivity index (χ3v) is 4.92. The molecule has 4 nitrogen and oxygen atoms in total. The highest BCUT2D eigenvalue weighted by atomic mass is 16.5. The minimum Gasteiger partial charge on any atom is -0.497 e. The zero-order valence-corrected chi connectivity index (χ0v) is 14.3. The van der Waals surface area contributed by atoms with Crippen molar-refractivity contribution in [1.82, 2.24) is 9.88 Å². The van der Waals surface area contributed by atoms with Crippen LogP contribution in [-0.2, 0) is 13.0 Å². The van der Waals surface area contributed by atoms with Crippen molar-refractivity contribution in [2.24, 2.45) is 5.41 Å². The van der Waals surface area contributed by atoms with Gasteiger partial charge in [-0.3, -0.25) is 9.88 Å². The van der Waals surface area contributed by atoms with Crippen LogP contribution >= 0.6 is 0 Å². The van der Waals surface area contributed by atoms with Gasteiger partial charge in [0, 0.05) is 30.9 Å². The number of rotatable bonds is 6. The normalized spacial score (nSPS) is 21.6. The van der Waals surface area contributed by atoms with Crippen molar-refractivity contribution in [1.29, 1.82) is 0 Å². The van der Waals surface area contributed by atoms with Crippen LogP contribution < -0.4 is 4.74 Å². The zero-order valence-electron chi connectivity index (χ0n) is 14.3. The predicted molar refractivity (Wildman–Crippen MR) is 95.0 cm³/mol. The molecule has 0 spiro atoms. The first kappa shape index (κ1) is 16.9. The van der Waals surface area contributed by atoms with E-state index in [4.69, 9.17) is 4.74 Å². The van der Waals surface area contributed by atoms with E-state index in [2.05, 4.69) is 28.1 Å². The molecule has 0 unspecified atom stereocenters. The minimum atomic E-state index is -0.0766. The average molecular weight is 326 g/mol. The molecule has 2 heterocycles. The van der Waals surface area contributed by atoms with Crippen molar-refractivity contribution in [3.05, 3.63) is 59.9 Å². The zero-order chi connectivity index (χ0) is 16.8. The predicted octanol–water partition coefficient (Wildman–Crippen LogP) is 2.91. The van der Waals surface area contributed by atoms with Crippen LogP contribution in [0.2, 0.25) is 0 Å². The summed E-state index contributed by atoms with van der Waals surface area (Å²) in [5.74, 6) is 0.878. The monoisotopic (exact) mass is 326 g/mol. The van der Waals surface area contributed by atoms with E-state index in [0.717, 1.165) is 44.6 Å². The Morgan fingerprint density at radius 1 is 1.25 bits per heavy atom. The molecule has 0 saturated carbocycles. The Labute approximate surface area is 144 Å². The molecule has 0 aliphatic carbocycles. The molecule has 1 aliphatic rings. The fourth-order valence-corrected chi connectivity index (χ4v) is 3.74. The second-order valence-electron chi connectivity index (χ2n) is 6.86. The lowest BCUT2D eigenvalue weighted by molar-refractivity contribution is 0.0288. The smallest absolute Gasteiger partial charge is 0.119 e. The van der Waals surface area contributed by atoms with Crippen molar-refractivity contribution >= 4 is 0 Å². The van der Waals surface area contributed by atoms with E-state index in [9.17, 15) is 5.11 Å². The van der Waals surface area contributed by atoms with Crippen LogP contribution in [0.1, 0.15) is 24.0 Å². The second-order valence-corrected chi connectivity index (χ2v) is 6.86. The van der Waals surface area contributed by atoms with Gasteiger partial charge in [-0.2, -0.15) is 0 Å². The van der Waals surface area contributed by atoms with Crippen LogP contribution in [0.4, 0.5) is 0 Å². The summed E-state index contributed by atoms with van der Waals surface area (Å²) < 4.78 is 5.33. The molecule has 0 amide bonds. The van der Waals surface area contributed by atoms with Crippen LogP contribution in [0.3, 0.4) is 0 Å². The van der Waals surface area contributed by atoms with Gasteiger partial charge in [-0.1, -0.05) is 18.2 Å². The number of benzene rings is 1. The fraction of sp³-hybridized carbons (Fsp3) is 0.450. The average Bonchev–Trinajstić information content (AvgIpc) is 2.63. The van der Waals surface area contributed by atoms with Gasteiger partial charge in [0.15, 0.2) is 0 Å². The molecular formula is C20H26N2O2. The molecule has 1 N–H and O–H groups in total. The SMILES string of the molecule is COc1cccc(C[C@@]2(CO)CCCN(Cc3cccnc3)C2)c1. The minimum absolute atomic E-state index is 0.0766. The summed E-state index contributed by atoms with van der Waals surface area (Å²) in [5.41, 5.74) is 2.38. The summed E-state index contributed by atoms with van der Waals surface area (Å²) in [5, 5.41) is 10.1. The van der Waals surface area contributed by atoms with Crippen LogP contribution in [0.15, 0.2) is 48.8 Å². The van der Waals surface area contributed by atoms with Crippen LogP contribution in [0.25, 0.3) is 0 Å². The largest absolute Gasteiger partial charge is 0.497 e. The Morgan fingerprint density at radius 2 is 2.12 bits per heavy atom. The van der Waals surface area contributed by atoms with Gasteiger partial charge in [-0.05, 0) is 55.1 Å². The number of likely N-dealkylation sites (tertiary alicyclic amines) is 1. The third-order valence-electron chi connectivity index (χ3n) is 4.92. The standard InChI is InChI=1S/C20H26N2O2/c1-24-19-7-2-5-17(11-19)12-20(16-23)8-4-10-22(15-20)14-18-6-3-9-21-13-18/h2-3,5-7,9,11,13,23H,4,8,10,12,14-16H2,1H3/t20-/m0/s1. The van der Waals surface area contributed by atoms with Gasteiger partial charge in [0.1, 0.15) is 5.75 Å². The number of hydrogen-bond acceptors (Lipinski definition) is 4. The number of aromatic nitrogens is 1. The first-order valence-electron chi connectivity index (χ1n) is 8.58. The van der Waals surface area contributed by atoms with Crippen molar-refractivity contribution in [2.45, 2.75) is 25.8 Å². The molecule has 1 atom stereocenters. The number of ether oxygens (including phenoxy) is 1. The second kappa shape index (κ2) is 7.77. The maximum absolute atomic E-state index is 10.1. The molecular weight excluding hydrogens is 300 g/mol. The Hall–Kier alpha value is -1.91. The highest BCUT2D eigenvalue weighted by molar-refractivity contribution is 5.29. The maximum Gasteiger partial charge on any atom is 0.119 e. The number of aliphatic hydroxyl groups excluding tert-OH is 1. The Morgan fingerprint density at radius 3 is 2.88 bits per heavy atom. The van der Waals surface area contributed by atoms with E-state index >= 15 is 0 Å². The van der Waals surface area contributed by atoms with E-state index in [1.807, 2.05) is 24.4 Å².